The first-order valence-electron chi connectivity index (χ1n) is 8.36. The van der Waals surface area contributed by atoms with E-state index >= 15 is 0 Å². The van der Waals surface area contributed by atoms with Crippen molar-refractivity contribution >= 4 is 17.5 Å². The molecule has 0 aliphatic carbocycles. The van der Waals surface area contributed by atoms with Gasteiger partial charge in [0.05, 0.1) is 18.2 Å². The van der Waals surface area contributed by atoms with Gasteiger partial charge in [0.25, 0.3) is 0 Å². The summed E-state index contributed by atoms with van der Waals surface area (Å²) in [5.74, 6) is 1.34. The van der Waals surface area contributed by atoms with Crippen LogP contribution in [0.2, 0.25) is 5.02 Å². The van der Waals surface area contributed by atoms with Gasteiger partial charge in [0.2, 0.25) is 5.91 Å². The predicted octanol–water partition coefficient (Wildman–Crippen LogP) is 3.64. The van der Waals surface area contributed by atoms with E-state index < -0.39 is 0 Å². The molecule has 142 valence electrons. The van der Waals surface area contributed by atoms with Gasteiger partial charge < -0.3 is 19.5 Å². The number of carbonyl (C=O) groups is 1. The van der Waals surface area contributed by atoms with Gasteiger partial charge in [-0.1, -0.05) is 29.8 Å². The molecule has 0 aliphatic rings. The maximum absolute atomic E-state index is 11.4. The second kappa shape index (κ2) is 10.3. The van der Waals surface area contributed by atoms with Crippen LogP contribution >= 0.6 is 11.6 Å². The Balaban J connectivity index is 1.95. The lowest BCUT2D eigenvalue weighted by molar-refractivity contribution is -0.120. The quantitative estimate of drug-likeness (QED) is 0.663. The summed E-state index contributed by atoms with van der Waals surface area (Å²) in [5, 5.41) is 11.5. The summed E-state index contributed by atoms with van der Waals surface area (Å²) < 4.78 is 16.8. The summed E-state index contributed by atoms with van der Waals surface area (Å²) in [6.45, 7) is 2.87. The first kappa shape index (κ1) is 20.4. The largest absolute Gasteiger partial charge is 0.493 e. The van der Waals surface area contributed by atoms with Crippen LogP contribution in [-0.4, -0.2) is 26.2 Å². The Labute approximate surface area is 163 Å². The Bertz CT molecular complexity index is 833. The summed E-state index contributed by atoms with van der Waals surface area (Å²) in [5.41, 5.74) is 1.79. The third kappa shape index (κ3) is 6.08. The van der Waals surface area contributed by atoms with Crippen LogP contribution in [0.3, 0.4) is 0 Å². The number of methoxy groups -OCH3 is 1. The Kier molecular flexibility index (Phi) is 7.78. The first-order chi connectivity index (χ1) is 13.0. The van der Waals surface area contributed by atoms with Crippen LogP contribution in [0.1, 0.15) is 17.5 Å². The molecule has 0 spiro atoms. The Morgan fingerprint density at radius 1 is 1.19 bits per heavy atom. The average Bonchev–Trinajstić information content (AvgIpc) is 2.66. The number of ether oxygens (including phenoxy) is 3. The zero-order valence-corrected chi connectivity index (χ0v) is 16.0. The second-order valence-corrected chi connectivity index (χ2v) is 6.09. The van der Waals surface area contributed by atoms with Gasteiger partial charge in [0, 0.05) is 6.54 Å². The van der Waals surface area contributed by atoms with E-state index in [1.807, 2.05) is 31.2 Å². The monoisotopic (exact) mass is 388 g/mol. The third-order valence-corrected chi connectivity index (χ3v) is 3.98. The maximum atomic E-state index is 11.4. The van der Waals surface area contributed by atoms with E-state index in [-0.39, 0.29) is 18.9 Å². The van der Waals surface area contributed by atoms with Crippen LogP contribution in [0.4, 0.5) is 0 Å². The third-order valence-electron chi connectivity index (χ3n) is 3.70. The molecule has 2 aromatic carbocycles. The summed E-state index contributed by atoms with van der Waals surface area (Å²) >= 11 is 6.30. The van der Waals surface area contributed by atoms with Crippen molar-refractivity contribution in [3.8, 4) is 23.3 Å². The van der Waals surface area contributed by atoms with Gasteiger partial charge in [-0.3, -0.25) is 4.79 Å². The van der Waals surface area contributed by atoms with Crippen molar-refractivity contribution in [3.05, 3.63) is 52.5 Å². The van der Waals surface area contributed by atoms with Crippen molar-refractivity contribution in [2.24, 2.45) is 0 Å². The molecular weight excluding hydrogens is 368 g/mol. The van der Waals surface area contributed by atoms with Crippen molar-refractivity contribution in [1.82, 2.24) is 5.32 Å². The molecule has 1 amide bonds. The fourth-order valence-corrected chi connectivity index (χ4v) is 2.65. The smallest absolute Gasteiger partial charge is 0.234 e. The number of para-hydroxylation sites is 1. The fourth-order valence-electron chi connectivity index (χ4n) is 2.36. The predicted molar refractivity (Wildman–Crippen MR) is 102 cm³/mol. The SMILES string of the molecule is COc1cc(CNC(=O)CC#N)cc(Cl)c1OCCOc1ccccc1C. The molecule has 0 aliphatic heterocycles. The zero-order valence-electron chi connectivity index (χ0n) is 15.3. The van der Waals surface area contributed by atoms with Gasteiger partial charge in [-0.05, 0) is 36.2 Å². The van der Waals surface area contributed by atoms with E-state index in [0.717, 1.165) is 16.9 Å². The highest BCUT2D eigenvalue weighted by molar-refractivity contribution is 6.32. The summed E-state index contributed by atoms with van der Waals surface area (Å²) in [6.07, 6.45) is -0.188. The standard InChI is InChI=1S/C20H21ClN2O4/c1-14-5-3-4-6-17(14)26-9-10-27-20-16(21)11-15(12-18(20)25-2)13-23-19(24)7-8-22/h3-6,11-12H,7,9-10,13H2,1-2H3,(H,23,24). The van der Waals surface area contributed by atoms with Crippen molar-refractivity contribution < 1.29 is 19.0 Å². The van der Waals surface area contributed by atoms with Crippen molar-refractivity contribution in [3.63, 3.8) is 0 Å². The van der Waals surface area contributed by atoms with E-state index in [1.54, 1.807) is 18.2 Å². The van der Waals surface area contributed by atoms with E-state index in [4.69, 9.17) is 31.1 Å². The van der Waals surface area contributed by atoms with Crippen molar-refractivity contribution in [2.75, 3.05) is 20.3 Å². The molecule has 0 saturated heterocycles. The molecule has 7 heteroatoms. The highest BCUT2D eigenvalue weighted by atomic mass is 35.5. The zero-order chi connectivity index (χ0) is 19.6. The first-order valence-corrected chi connectivity index (χ1v) is 8.74. The van der Waals surface area contributed by atoms with E-state index in [1.165, 1.54) is 7.11 Å². The molecule has 0 fully saturated rings. The number of aryl methyl sites for hydroxylation is 1. The number of nitrogens with one attached hydrogen (secondary N) is 1. The van der Waals surface area contributed by atoms with Gasteiger partial charge in [-0.2, -0.15) is 5.26 Å². The molecule has 2 rings (SSSR count). The Morgan fingerprint density at radius 3 is 2.63 bits per heavy atom. The summed E-state index contributed by atoms with van der Waals surface area (Å²) in [4.78, 5) is 11.4. The summed E-state index contributed by atoms with van der Waals surface area (Å²) in [6, 6.07) is 13.0. The number of nitriles is 1. The van der Waals surface area contributed by atoms with Gasteiger partial charge in [-0.25, -0.2) is 0 Å². The van der Waals surface area contributed by atoms with Gasteiger partial charge in [-0.15, -0.1) is 0 Å². The van der Waals surface area contributed by atoms with E-state index in [2.05, 4.69) is 5.32 Å². The van der Waals surface area contributed by atoms with Crippen LogP contribution in [0, 0.1) is 18.3 Å². The number of hydrogen-bond donors (Lipinski definition) is 1. The topological polar surface area (TPSA) is 80.6 Å². The molecule has 27 heavy (non-hydrogen) atoms. The van der Waals surface area contributed by atoms with Crippen molar-refractivity contribution in [1.29, 1.82) is 5.26 Å². The number of rotatable bonds is 9. The normalized spacial score (nSPS) is 10.0. The molecule has 1 N–H and O–H groups in total. The molecular formula is C20H21ClN2O4. The Hall–Kier alpha value is -2.91. The minimum atomic E-state index is -0.346. The number of nitrogens with zero attached hydrogens (tertiary/aromatic N) is 1. The van der Waals surface area contributed by atoms with Crippen LogP contribution in [0.25, 0.3) is 0 Å². The molecule has 2 aromatic rings. The molecule has 0 atom stereocenters. The molecule has 0 aromatic heterocycles. The number of benzene rings is 2. The summed E-state index contributed by atoms with van der Waals surface area (Å²) in [7, 11) is 1.51. The van der Waals surface area contributed by atoms with Crippen LogP contribution < -0.4 is 19.5 Å². The van der Waals surface area contributed by atoms with E-state index in [0.29, 0.717) is 29.7 Å². The molecule has 6 nitrogen and oxygen atoms in total. The maximum Gasteiger partial charge on any atom is 0.234 e. The van der Waals surface area contributed by atoms with Crippen LogP contribution in [-0.2, 0) is 11.3 Å². The second-order valence-electron chi connectivity index (χ2n) is 5.68. The van der Waals surface area contributed by atoms with E-state index in [9.17, 15) is 4.79 Å². The Morgan fingerprint density at radius 2 is 1.93 bits per heavy atom. The highest BCUT2D eigenvalue weighted by Gasteiger charge is 2.13. The fraction of sp³-hybridized carbons (Fsp3) is 0.300. The number of amides is 1. The van der Waals surface area contributed by atoms with Crippen LogP contribution in [0.5, 0.6) is 17.2 Å². The highest BCUT2D eigenvalue weighted by Crippen LogP contribution is 2.36. The number of carbonyl (C=O) groups excluding carboxylic acids is 1. The van der Waals surface area contributed by atoms with Gasteiger partial charge >= 0.3 is 0 Å². The molecule has 0 saturated carbocycles. The molecule has 0 bridgehead atoms. The molecule has 0 heterocycles. The van der Waals surface area contributed by atoms with Gasteiger partial charge in [0.15, 0.2) is 11.5 Å². The minimum Gasteiger partial charge on any atom is -0.493 e. The lowest BCUT2D eigenvalue weighted by Crippen LogP contribution is -2.21. The van der Waals surface area contributed by atoms with Crippen LogP contribution in [0.15, 0.2) is 36.4 Å². The minimum absolute atomic E-state index is 0.188. The number of hydrogen-bond acceptors (Lipinski definition) is 5. The lowest BCUT2D eigenvalue weighted by Gasteiger charge is -2.15. The van der Waals surface area contributed by atoms with Crippen molar-refractivity contribution in [2.45, 2.75) is 19.9 Å². The molecule has 0 radical (unpaired) electrons. The molecule has 0 unspecified atom stereocenters. The average molecular weight is 389 g/mol. The lowest BCUT2D eigenvalue weighted by atomic mass is 10.2. The van der Waals surface area contributed by atoms with Gasteiger partial charge in [0.1, 0.15) is 25.4 Å². The number of halogens is 1.